The number of benzene rings is 6. The molecular weight excluding hydrogens is 550 g/mol. The first-order valence-electron chi connectivity index (χ1n) is 15.4. The van der Waals surface area contributed by atoms with Crippen LogP contribution in [0.4, 0.5) is 17.4 Å². The van der Waals surface area contributed by atoms with Crippen LogP contribution < -0.4 is 4.90 Å². The van der Waals surface area contributed by atoms with Crippen molar-refractivity contribution in [3.8, 4) is 11.1 Å². The van der Waals surface area contributed by atoms with E-state index in [4.69, 9.17) is 9.40 Å². The predicted octanol–water partition coefficient (Wildman–Crippen LogP) is 11.4. The summed E-state index contributed by atoms with van der Waals surface area (Å²) < 4.78 is 9.13. The molecule has 2 aromatic heterocycles. The van der Waals surface area contributed by atoms with Crippen LogP contribution in [0, 0.1) is 0 Å². The molecule has 9 rings (SSSR count). The lowest BCUT2D eigenvalue weighted by Gasteiger charge is -2.22. The molecule has 0 radical (unpaired) electrons. The van der Waals surface area contributed by atoms with Crippen LogP contribution in [-0.2, 0) is 0 Å². The molecule has 1 aliphatic rings. The van der Waals surface area contributed by atoms with Gasteiger partial charge in [0.25, 0.3) is 0 Å². The minimum absolute atomic E-state index is 0.536. The summed E-state index contributed by atoms with van der Waals surface area (Å²) in [5, 5.41) is 4.66. The van der Waals surface area contributed by atoms with Crippen molar-refractivity contribution in [3.63, 3.8) is 0 Å². The Morgan fingerprint density at radius 3 is 2.29 bits per heavy atom. The molecule has 0 spiro atoms. The monoisotopic (exact) mass is 579 g/mol. The van der Waals surface area contributed by atoms with Crippen molar-refractivity contribution in [2.75, 3.05) is 4.90 Å². The number of allylic oxidation sites excluding steroid dienone is 4. The smallest absolute Gasteiger partial charge is 0.307 e. The third-order valence-corrected chi connectivity index (χ3v) is 8.87. The Balaban J connectivity index is 1.30. The van der Waals surface area contributed by atoms with Crippen molar-refractivity contribution < 1.29 is 4.42 Å². The maximum atomic E-state index is 6.70. The van der Waals surface area contributed by atoms with Crippen molar-refractivity contribution in [2.24, 2.45) is 0 Å². The Kier molecular flexibility index (Phi) is 5.91. The van der Waals surface area contributed by atoms with E-state index in [0.717, 1.165) is 57.2 Å². The van der Waals surface area contributed by atoms with Gasteiger partial charge in [-0.05, 0) is 71.8 Å². The lowest BCUT2D eigenvalue weighted by Crippen LogP contribution is -2.10. The van der Waals surface area contributed by atoms with Gasteiger partial charge in [-0.2, -0.15) is 4.98 Å². The molecule has 2 heterocycles. The number of aromatic nitrogens is 2. The van der Waals surface area contributed by atoms with Gasteiger partial charge in [0, 0.05) is 21.9 Å². The van der Waals surface area contributed by atoms with Gasteiger partial charge in [-0.1, -0.05) is 109 Å². The fraction of sp³-hybridized carbons (Fsp3) is 0.0488. The average molecular weight is 580 g/mol. The quantitative estimate of drug-likeness (QED) is 0.203. The molecule has 0 unspecified atom stereocenters. The summed E-state index contributed by atoms with van der Waals surface area (Å²) in [6, 6.07) is 47.5. The van der Waals surface area contributed by atoms with Crippen LogP contribution in [0.5, 0.6) is 0 Å². The van der Waals surface area contributed by atoms with Gasteiger partial charge in [0.2, 0.25) is 0 Å². The largest absolute Gasteiger partial charge is 0.422 e. The molecule has 1 aliphatic carbocycles. The van der Waals surface area contributed by atoms with Crippen LogP contribution in [-0.4, -0.2) is 9.55 Å². The van der Waals surface area contributed by atoms with E-state index in [0.29, 0.717) is 6.01 Å². The Labute approximate surface area is 260 Å². The highest BCUT2D eigenvalue weighted by atomic mass is 16.4. The van der Waals surface area contributed by atoms with Gasteiger partial charge in [-0.3, -0.25) is 4.90 Å². The summed E-state index contributed by atoms with van der Waals surface area (Å²) in [6.07, 6.45) is 8.69. The Morgan fingerprint density at radius 1 is 0.622 bits per heavy atom. The highest BCUT2D eigenvalue weighted by Gasteiger charge is 2.22. The predicted molar refractivity (Wildman–Crippen MR) is 187 cm³/mol. The topological polar surface area (TPSA) is 34.2 Å². The first-order chi connectivity index (χ1) is 22.3. The van der Waals surface area contributed by atoms with E-state index >= 15 is 0 Å². The van der Waals surface area contributed by atoms with Crippen molar-refractivity contribution in [1.29, 1.82) is 0 Å². The fourth-order valence-electron chi connectivity index (χ4n) is 6.75. The molecule has 0 atom stereocenters. The standard InChI is InChI=1S/C41H29N3O/c1-3-12-28(13-4-1)30-15-11-18-32(26-30)43(41-42-37-25-22-29-14-7-8-19-34(29)40(37)45-41)33-23-24-36-35-20-9-10-21-38(35)44(39(36)27-33)31-16-5-2-6-17-31/h1-5,7-16,18-27H,6,17H2. The second-order valence-electron chi connectivity index (χ2n) is 11.6. The zero-order valence-electron chi connectivity index (χ0n) is 24.6. The first-order valence-corrected chi connectivity index (χ1v) is 15.4. The second kappa shape index (κ2) is 10.4. The average Bonchev–Trinajstić information content (AvgIpc) is 3.69. The molecule has 8 aromatic rings. The molecular formula is C41H29N3O. The summed E-state index contributed by atoms with van der Waals surface area (Å²) in [5.74, 6) is 0. The molecule has 45 heavy (non-hydrogen) atoms. The van der Waals surface area contributed by atoms with Crippen LogP contribution in [0.25, 0.3) is 60.5 Å². The van der Waals surface area contributed by atoms with Gasteiger partial charge < -0.3 is 8.98 Å². The van der Waals surface area contributed by atoms with Gasteiger partial charge in [0.15, 0.2) is 5.58 Å². The number of rotatable bonds is 5. The molecule has 0 bridgehead atoms. The van der Waals surface area contributed by atoms with Gasteiger partial charge >= 0.3 is 6.01 Å². The molecule has 0 amide bonds. The third-order valence-electron chi connectivity index (χ3n) is 8.87. The molecule has 0 saturated carbocycles. The first kappa shape index (κ1) is 25.6. The molecule has 0 saturated heterocycles. The minimum Gasteiger partial charge on any atom is -0.422 e. The lowest BCUT2D eigenvalue weighted by molar-refractivity contribution is 0.611. The van der Waals surface area contributed by atoms with Crippen LogP contribution in [0.15, 0.2) is 156 Å². The molecule has 0 N–H and O–H groups in total. The van der Waals surface area contributed by atoms with E-state index in [1.165, 1.54) is 27.5 Å². The zero-order valence-corrected chi connectivity index (χ0v) is 24.6. The lowest BCUT2D eigenvalue weighted by atomic mass is 10.0. The number of oxazole rings is 1. The third kappa shape index (κ3) is 4.26. The number of para-hydroxylation sites is 1. The summed E-state index contributed by atoms with van der Waals surface area (Å²) in [7, 11) is 0. The van der Waals surface area contributed by atoms with Crippen molar-refractivity contribution in [1.82, 2.24) is 9.55 Å². The van der Waals surface area contributed by atoms with Crippen LogP contribution in [0.1, 0.15) is 12.8 Å². The van der Waals surface area contributed by atoms with E-state index in [1.54, 1.807) is 0 Å². The van der Waals surface area contributed by atoms with E-state index in [2.05, 4.69) is 143 Å². The zero-order chi connectivity index (χ0) is 29.7. The number of hydrogen-bond donors (Lipinski definition) is 0. The second-order valence-corrected chi connectivity index (χ2v) is 11.6. The SMILES string of the molecule is C1=CCCC(n2c3ccccc3c3ccc(N(c4cccc(-c5ccccc5)c4)c4nc5ccc6ccccc6c5o4)cc32)=C1. The highest BCUT2D eigenvalue weighted by molar-refractivity contribution is 6.11. The fourth-order valence-corrected chi connectivity index (χ4v) is 6.75. The molecule has 0 aliphatic heterocycles. The summed E-state index contributed by atoms with van der Waals surface area (Å²) in [4.78, 5) is 7.24. The maximum Gasteiger partial charge on any atom is 0.307 e. The van der Waals surface area contributed by atoms with Crippen molar-refractivity contribution >= 4 is 66.8 Å². The van der Waals surface area contributed by atoms with E-state index in [-0.39, 0.29) is 0 Å². The number of anilines is 3. The van der Waals surface area contributed by atoms with Crippen molar-refractivity contribution in [3.05, 3.63) is 152 Å². The Hall–Kier alpha value is -5.87. The van der Waals surface area contributed by atoms with Crippen LogP contribution in [0.2, 0.25) is 0 Å². The summed E-state index contributed by atoms with van der Waals surface area (Å²) >= 11 is 0. The molecule has 6 aromatic carbocycles. The van der Waals surface area contributed by atoms with Gasteiger partial charge in [-0.15, -0.1) is 0 Å². The van der Waals surface area contributed by atoms with Gasteiger partial charge in [0.05, 0.1) is 22.4 Å². The highest BCUT2D eigenvalue weighted by Crippen LogP contribution is 2.42. The van der Waals surface area contributed by atoms with E-state index < -0.39 is 0 Å². The Bertz CT molecular complexity index is 2440. The minimum atomic E-state index is 0.536. The van der Waals surface area contributed by atoms with Crippen LogP contribution in [0.3, 0.4) is 0 Å². The molecule has 4 nitrogen and oxygen atoms in total. The van der Waals surface area contributed by atoms with Crippen LogP contribution >= 0.6 is 0 Å². The van der Waals surface area contributed by atoms with Gasteiger partial charge in [-0.25, -0.2) is 0 Å². The number of nitrogens with zero attached hydrogens (tertiary/aromatic N) is 3. The van der Waals surface area contributed by atoms with Crippen molar-refractivity contribution in [2.45, 2.75) is 12.8 Å². The number of hydrogen-bond acceptors (Lipinski definition) is 3. The molecule has 0 fully saturated rings. The maximum absolute atomic E-state index is 6.70. The number of fused-ring (bicyclic) bond motifs is 6. The summed E-state index contributed by atoms with van der Waals surface area (Å²) in [6.45, 7) is 0. The summed E-state index contributed by atoms with van der Waals surface area (Å²) in [5.41, 5.74) is 9.58. The Morgan fingerprint density at radius 2 is 1.40 bits per heavy atom. The van der Waals surface area contributed by atoms with E-state index in [1.807, 2.05) is 18.2 Å². The van der Waals surface area contributed by atoms with Gasteiger partial charge in [0.1, 0.15) is 5.52 Å². The van der Waals surface area contributed by atoms with E-state index in [9.17, 15) is 0 Å². The molecule has 214 valence electrons. The molecule has 4 heteroatoms. The normalized spacial score (nSPS) is 13.2.